The lowest BCUT2D eigenvalue weighted by Gasteiger charge is -2.19. The van der Waals surface area contributed by atoms with Gasteiger partial charge in [0.1, 0.15) is 12.4 Å². The van der Waals surface area contributed by atoms with E-state index in [1.807, 2.05) is 20.8 Å². The van der Waals surface area contributed by atoms with Crippen LogP contribution in [0.1, 0.15) is 26.3 Å². The van der Waals surface area contributed by atoms with Crippen molar-refractivity contribution in [1.82, 2.24) is 0 Å². The van der Waals surface area contributed by atoms with Gasteiger partial charge in [0, 0.05) is 6.42 Å². The predicted octanol–water partition coefficient (Wildman–Crippen LogP) is 2.77. The fourth-order valence-electron chi connectivity index (χ4n) is 1.47. The Hall–Kier alpha value is -1.26. The zero-order valence-corrected chi connectivity index (χ0v) is 11.7. The standard InChI is InChI=1S/C15H21FO3/c1-15(2,3)19-9-8-18-11-14(17)10-12-4-6-13(16)7-5-12/h4-7H,8-11H2,1-3H3. The van der Waals surface area contributed by atoms with Gasteiger partial charge < -0.3 is 9.47 Å². The molecular weight excluding hydrogens is 247 g/mol. The minimum absolute atomic E-state index is 0.0256. The third kappa shape index (κ3) is 7.70. The van der Waals surface area contributed by atoms with Gasteiger partial charge in [0.2, 0.25) is 0 Å². The van der Waals surface area contributed by atoms with Gasteiger partial charge in [-0.15, -0.1) is 0 Å². The van der Waals surface area contributed by atoms with Gasteiger partial charge in [-0.1, -0.05) is 12.1 Å². The third-order valence-electron chi connectivity index (χ3n) is 2.34. The Labute approximate surface area is 113 Å². The summed E-state index contributed by atoms with van der Waals surface area (Å²) in [6, 6.07) is 5.91. The first-order chi connectivity index (χ1) is 8.87. The summed E-state index contributed by atoms with van der Waals surface area (Å²) >= 11 is 0. The number of ketones is 1. The van der Waals surface area contributed by atoms with E-state index >= 15 is 0 Å². The average Bonchev–Trinajstić information content (AvgIpc) is 2.30. The highest BCUT2D eigenvalue weighted by Crippen LogP contribution is 2.06. The van der Waals surface area contributed by atoms with E-state index in [0.29, 0.717) is 13.2 Å². The van der Waals surface area contributed by atoms with E-state index in [1.54, 1.807) is 12.1 Å². The quantitative estimate of drug-likeness (QED) is 0.713. The molecular formula is C15H21FO3. The number of rotatable bonds is 7. The first kappa shape index (κ1) is 15.8. The van der Waals surface area contributed by atoms with Gasteiger partial charge >= 0.3 is 0 Å². The van der Waals surface area contributed by atoms with Gasteiger partial charge in [0.05, 0.1) is 18.8 Å². The highest BCUT2D eigenvalue weighted by Gasteiger charge is 2.09. The Balaban J connectivity index is 2.16. The van der Waals surface area contributed by atoms with Crippen LogP contribution in [0.2, 0.25) is 0 Å². The first-order valence-corrected chi connectivity index (χ1v) is 6.35. The van der Waals surface area contributed by atoms with Crippen molar-refractivity contribution in [2.24, 2.45) is 0 Å². The van der Waals surface area contributed by atoms with Crippen molar-refractivity contribution in [2.75, 3.05) is 19.8 Å². The first-order valence-electron chi connectivity index (χ1n) is 6.35. The molecule has 0 aliphatic carbocycles. The molecule has 0 spiro atoms. The smallest absolute Gasteiger partial charge is 0.162 e. The Morgan fingerprint density at radius 2 is 1.79 bits per heavy atom. The van der Waals surface area contributed by atoms with E-state index in [2.05, 4.69) is 0 Å². The monoisotopic (exact) mass is 268 g/mol. The maximum atomic E-state index is 12.7. The van der Waals surface area contributed by atoms with E-state index < -0.39 is 0 Å². The van der Waals surface area contributed by atoms with Crippen molar-refractivity contribution in [1.29, 1.82) is 0 Å². The molecule has 0 amide bonds. The average molecular weight is 268 g/mol. The van der Waals surface area contributed by atoms with Crippen molar-refractivity contribution in [3.05, 3.63) is 35.6 Å². The predicted molar refractivity (Wildman–Crippen MR) is 71.6 cm³/mol. The summed E-state index contributed by atoms with van der Waals surface area (Å²) < 4.78 is 23.4. The Morgan fingerprint density at radius 3 is 2.37 bits per heavy atom. The molecule has 0 N–H and O–H groups in total. The van der Waals surface area contributed by atoms with E-state index in [4.69, 9.17) is 9.47 Å². The molecule has 106 valence electrons. The zero-order chi connectivity index (χ0) is 14.3. The summed E-state index contributed by atoms with van der Waals surface area (Å²) in [4.78, 5) is 11.6. The van der Waals surface area contributed by atoms with Crippen molar-refractivity contribution in [2.45, 2.75) is 32.8 Å². The molecule has 0 radical (unpaired) electrons. The van der Waals surface area contributed by atoms with Crippen LogP contribution in [-0.2, 0) is 20.7 Å². The second-order valence-corrected chi connectivity index (χ2v) is 5.36. The molecule has 1 rings (SSSR count). The molecule has 0 heterocycles. The van der Waals surface area contributed by atoms with Crippen LogP contribution in [-0.4, -0.2) is 31.2 Å². The van der Waals surface area contributed by atoms with Gasteiger partial charge in [-0.2, -0.15) is 0 Å². The van der Waals surface area contributed by atoms with Crippen molar-refractivity contribution in [3.8, 4) is 0 Å². The van der Waals surface area contributed by atoms with E-state index in [0.717, 1.165) is 5.56 Å². The largest absolute Gasteiger partial charge is 0.373 e. The van der Waals surface area contributed by atoms with Gasteiger partial charge in [0.25, 0.3) is 0 Å². The Bertz CT molecular complexity index is 393. The van der Waals surface area contributed by atoms with Gasteiger partial charge in [0.15, 0.2) is 5.78 Å². The van der Waals surface area contributed by atoms with Crippen LogP contribution in [0.25, 0.3) is 0 Å². The maximum Gasteiger partial charge on any atom is 0.162 e. The highest BCUT2D eigenvalue weighted by atomic mass is 19.1. The zero-order valence-electron chi connectivity index (χ0n) is 11.7. The maximum absolute atomic E-state index is 12.7. The molecule has 0 saturated carbocycles. The molecule has 4 heteroatoms. The number of carbonyl (C=O) groups is 1. The minimum atomic E-state index is -0.299. The Morgan fingerprint density at radius 1 is 1.16 bits per heavy atom. The number of halogens is 1. The number of hydrogen-bond donors (Lipinski definition) is 0. The molecule has 19 heavy (non-hydrogen) atoms. The SMILES string of the molecule is CC(C)(C)OCCOCC(=O)Cc1ccc(F)cc1. The lowest BCUT2D eigenvalue weighted by molar-refractivity contribution is -0.124. The van der Waals surface area contributed by atoms with Crippen LogP contribution >= 0.6 is 0 Å². The van der Waals surface area contributed by atoms with Gasteiger partial charge in [-0.25, -0.2) is 4.39 Å². The summed E-state index contributed by atoms with van der Waals surface area (Å²) in [5, 5.41) is 0. The normalized spacial score (nSPS) is 11.6. The summed E-state index contributed by atoms with van der Waals surface area (Å²) in [5.74, 6) is -0.325. The van der Waals surface area contributed by atoms with E-state index in [-0.39, 0.29) is 30.2 Å². The van der Waals surface area contributed by atoms with Gasteiger partial charge in [-0.05, 0) is 38.5 Å². The fourth-order valence-corrected chi connectivity index (χ4v) is 1.47. The van der Waals surface area contributed by atoms with Crippen LogP contribution in [0.4, 0.5) is 4.39 Å². The van der Waals surface area contributed by atoms with Gasteiger partial charge in [-0.3, -0.25) is 4.79 Å². The number of hydrogen-bond acceptors (Lipinski definition) is 3. The molecule has 1 aromatic carbocycles. The molecule has 3 nitrogen and oxygen atoms in total. The lowest BCUT2D eigenvalue weighted by Crippen LogP contribution is -2.22. The van der Waals surface area contributed by atoms with Crippen LogP contribution in [0.15, 0.2) is 24.3 Å². The van der Waals surface area contributed by atoms with Crippen LogP contribution in [0.3, 0.4) is 0 Å². The second-order valence-electron chi connectivity index (χ2n) is 5.36. The third-order valence-corrected chi connectivity index (χ3v) is 2.34. The molecule has 0 aromatic heterocycles. The molecule has 0 fully saturated rings. The summed E-state index contributed by atoms with van der Waals surface area (Å²) in [7, 11) is 0. The van der Waals surface area contributed by atoms with Crippen LogP contribution in [0.5, 0.6) is 0 Å². The van der Waals surface area contributed by atoms with E-state index in [9.17, 15) is 9.18 Å². The molecule has 0 bridgehead atoms. The van der Waals surface area contributed by atoms with Crippen LogP contribution < -0.4 is 0 Å². The number of carbonyl (C=O) groups excluding carboxylic acids is 1. The van der Waals surface area contributed by atoms with E-state index in [1.165, 1.54) is 12.1 Å². The molecule has 0 aliphatic heterocycles. The number of Topliss-reactive ketones (excluding diaryl/α,β-unsaturated/α-hetero) is 1. The summed E-state index contributed by atoms with van der Waals surface area (Å²) in [6.45, 7) is 6.82. The molecule has 0 aliphatic rings. The summed E-state index contributed by atoms with van der Waals surface area (Å²) in [5.41, 5.74) is 0.600. The lowest BCUT2D eigenvalue weighted by atomic mass is 10.1. The minimum Gasteiger partial charge on any atom is -0.373 e. The molecule has 0 atom stereocenters. The van der Waals surface area contributed by atoms with Crippen molar-refractivity contribution < 1.29 is 18.7 Å². The second kappa shape index (κ2) is 7.36. The number of benzene rings is 1. The highest BCUT2D eigenvalue weighted by molar-refractivity contribution is 5.82. The summed E-state index contributed by atoms with van der Waals surface area (Å²) in [6.07, 6.45) is 0.264. The molecule has 1 aromatic rings. The van der Waals surface area contributed by atoms with Crippen LogP contribution in [0, 0.1) is 5.82 Å². The van der Waals surface area contributed by atoms with Crippen molar-refractivity contribution >= 4 is 5.78 Å². The molecule has 0 unspecified atom stereocenters. The topological polar surface area (TPSA) is 35.5 Å². The molecule has 0 saturated heterocycles. The Kier molecular flexibility index (Phi) is 6.12. The van der Waals surface area contributed by atoms with Crippen molar-refractivity contribution in [3.63, 3.8) is 0 Å². The fraction of sp³-hybridized carbons (Fsp3) is 0.533. The number of ether oxygens (including phenoxy) is 2.